The van der Waals surface area contributed by atoms with Crippen LogP contribution >= 0.6 is 0 Å². The molecule has 1 aliphatic carbocycles. The van der Waals surface area contributed by atoms with Crippen molar-refractivity contribution in [1.29, 1.82) is 0 Å². The number of hydrogen-bond donors (Lipinski definition) is 1. The highest BCUT2D eigenvalue weighted by Gasteiger charge is 2.34. The maximum Gasteiger partial charge on any atom is 0.416 e. The number of amides is 2. The molecule has 190 valence electrons. The van der Waals surface area contributed by atoms with Gasteiger partial charge in [-0.15, -0.1) is 0 Å². The lowest BCUT2D eigenvalue weighted by atomic mass is 10.0. The summed E-state index contributed by atoms with van der Waals surface area (Å²) in [6, 6.07) is 10.9. The highest BCUT2D eigenvalue weighted by Crippen LogP contribution is 2.33. The van der Waals surface area contributed by atoms with E-state index >= 15 is 0 Å². The molecule has 0 radical (unpaired) electrons. The largest absolute Gasteiger partial charge is 0.434 e. The van der Waals surface area contributed by atoms with Crippen LogP contribution in [0.5, 0.6) is 5.75 Å². The molecule has 2 amide bonds. The summed E-state index contributed by atoms with van der Waals surface area (Å²) >= 11 is 0. The highest BCUT2D eigenvalue weighted by atomic mass is 19.4. The minimum Gasteiger partial charge on any atom is -0.434 e. The monoisotopic (exact) mass is 497 g/mol. The number of anilines is 1. The third kappa shape index (κ3) is 7.06. The van der Waals surface area contributed by atoms with Crippen LogP contribution in [0.1, 0.15) is 36.8 Å². The Kier molecular flexibility index (Phi) is 7.78. The van der Waals surface area contributed by atoms with E-state index in [-0.39, 0.29) is 17.5 Å². The van der Waals surface area contributed by atoms with Crippen molar-refractivity contribution in [2.24, 2.45) is 5.92 Å². The Morgan fingerprint density at radius 3 is 2.43 bits per heavy atom. The first-order chi connectivity index (χ1) is 16.7. The van der Waals surface area contributed by atoms with Crippen LogP contribution in [0.4, 0.5) is 32.4 Å². The van der Waals surface area contributed by atoms with Crippen LogP contribution in [0, 0.1) is 5.92 Å². The van der Waals surface area contributed by atoms with Gasteiger partial charge >= 0.3 is 18.8 Å². The molecule has 1 saturated heterocycles. The SMILES string of the molecule is O=C(Nc1cccc(C(F)(F)F)c1)N(CC1CC1)C1CCN(Cc2ccccc2OC(F)F)CC1. The van der Waals surface area contributed by atoms with Crippen molar-refractivity contribution >= 4 is 11.7 Å². The molecule has 0 spiro atoms. The molecule has 1 saturated carbocycles. The number of alkyl halides is 5. The highest BCUT2D eigenvalue weighted by molar-refractivity contribution is 5.89. The number of nitrogens with one attached hydrogen (secondary N) is 1. The lowest BCUT2D eigenvalue weighted by Gasteiger charge is -2.38. The van der Waals surface area contributed by atoms with Gasteiger partial charge in [0, 0.05) is 43.5 Å². The number of halogens is 5. The minimum atomic E-state index is -4.49. The van der Waals surface area contributed by atoms with E-state index in [2.05, 4.69) is 15.0 Å². The normalized spacial score (nSPS) is 17.4. The molecule has 1 aliphatic heterocycles. The topological polar surface area (TPSA) is 44.8 Å². The molecule has 35 heavy (non-hydrogen) atoms. The van der Waals surface area contributed by atoms with Gasteiger partial charge in [-0.1, -0.05) is 24.3 Å². The van der Waals surface area contributed by atoms with Gasteiger partial charge in [0.2, 0.25) is 0 Å². The maximum atomic E-state index is 13.1. The van der Waals surface area contributed by atoms with Crippen LogP contribution in [-0.2, 0) is 12.7 Å². The summed E-state index contributed by atoms with van der Waals surface area (Å²) in [5.41, 5.74) is -0.0319. The van der Waals surface area contributed by atoms with Crippen LogP contribution < -0.4 is 10.1 Å². The third-order valence-corrected chi connectivity index (χ3v) is 6.43. The third-order valence-electron chi connectivity index (χ3n) is 6.43. The molecule has 2 fully saturated rings. The van der Waals surface area contributed by atoms with Crippen molar-refractivity contribution in [2.75, 3.05) is 25.0 Å². The molecule has 10 heteroatoms. The number of ether oxygens (including phenoxy) is 1. The van der Waals surface area contributed by atoms with Gasteiger partial charge in [0.1, 0.15) is 5.75 Å². The molecule has 2 aromatic rings. The van der Waals surface area contributed by atoms with E-state index in [1.165, 1.54) is 18.2 Å². The quantitative estimate of drug-likeness (QED) is 0.441. The average molecular weight is 498 g/mol. The van der Waals surface area contributed by atoms with Gasteiger partial charge in [0.05, 0.1) is 5.56 Å². The van der Waals surface area contributed by atoms with Crippen molar-refractivity contribution in [3.8, 4) is 5.75 Å². The fourth-order valence-corrected chi connectivity index (χ4v) is 4.42. The number of benzene rings is 2. The minimum absolute atomic E-state index is 0.0507. The smallest absolute Gasteiger partial charge is 0.416 e. The first kappa shape index (κ1) is 25.2. The standard InChI is InChI=1S/C25H28F5N3O2/c26-23(27)35-22-7-2-1-4-18(22)16-32-12-10-21(11-13-32)33(15-17-8-9-17)24(34)31-20-6-3-5-19(14-20)25(28,29)30/h1-7,14,17,21,23H,8-13,15-16H2,(H,31,34). The number of carbonyl (C=O) groups excluding carboxylic acids is 1. The van der Waals surface area contributed by atoms with Crippen molar-refractivity contribution in [3.05, 3.63) is 59.7 Å². The number of carbonyl (C=O) groups is 1. The fraction of sp³-hybridized carbons (Fsp3) is 0.480. The van der Waals surface area contributed by atoms with Gasteiger partial charge in [-0.05, 0) is 55.9 Å². The lowest BCUT2D eigenvalue weighted by molar-refractivity contribution is -0.137. The van der Waals surface area contributed by atoms with Gasteiger partial charge in [-0.25, -0.2) is 4.79 Å². The van der Waals surface area contributed by atoms with E-state index in [0.717, 1.165) is 25.0 Å². The zero-order valence-electron chi connectivity index (χ0n) is 19.1. The Bertz CT molecular complexity index is 1000. The molecule has 0 aromatic heterocycles. The van der Waals surface area contributed by atoms with Gasteiger partial charge in [-0.2, -0.15) is 22.0 Å². The summed E-state index contributed by atoms with van der Waals surface area (Å²) in [5, 5.41) is 2.65. The van der Waals surface area contributed by atoms with Gasteiger partial charge in [0.25, 0.3) is 0 Å². The fourth-order valence-electron chi connectivity index (χ4n) is 4.42. The number of piperidine rings is 1. The van der Waals surface area contributed by atoms with Crippen molar-refractivity contribution < 1.29 is 31.5 Å². The second-order valence-electron chi connectivity index (χ2n) is 9.10. The number of para-hydroxylation sites is 1. The van der Waals surface area contributed by atoms with Crippen molar-refractivity contribution in [3.63, 3.8) is 0 Å². The van der Waals surface area contributed by atoms with Gasteiger partial charge < -0.3 is 15.0 Å². The Morgan fingerprint density at radius 2 is 1.77 bits per heavy atom. The van der Waals surface area contributed by atoms with E-state index in [1.807, 2.05) is 0 Å². The van der Waals surface area contributed by atoms with E-state index < -0.39 is 24.4 Å². The summed E-state index contributed by atoms with van der Waals surface area (Å²) in [4.78, 5) is 17.0. The zero-order chi connectivity index (χ0) is 25.0. The summed E-state index contributed by atoms with van der Waals surface area (Å²) in [6.45, 7) is -0.555. The first-order valence-electron chi connectivity index (χ1n) is 11.7. The number of hydrogen-bond acceptors (Lipinski definition) is 3. The van der Waals surface area contributed by atoms with Crippen LogP contribution in [-0.4, -0.2) is 48.1 Å². The molecule has 4 rings (SSSR count). The van der Waals surface area contributed by atoms with Crippen LogP contribution in [0.3, 0.4) is 0 Å². The zero-order valence-corrected chi connectivity index (χ0v) is 19.1. The Hall–Kier alpha value is -2.88. The maximum absolute atomic E-state index is 13.1. The second kappa shape index (κ2) is 10.8. The molecule has 0 atom stereocenters. The number of rotatable bonds is 8. The van der Waals surface area contributed by atoms with Crippen LogP contribution in [0.25, 0.3) is 0 Å². The van der Waals surface area contributed by atoms with Crippen molar-refractivity contribution in [1.82, 2.24) is 9.80 Å². The Morgan fingerprint density at radius 1 is 1.06 bits per heavy atom. The van der Waals surface area contributed by atoms with E-state index in [4.69, 9.17) is 0 Å². The number of likely N-dealkylation sites (tertiary alicyclic amines) is 1. The van der Waals surface area contributed by atoms with E-state index in [0.29, 0.717) is 50.5 Å². The first-order valence-corrected chi connectivity index (χ1v) is 11.7. The molecule has 5 nitrogen and oxygen atoms in total. The van der Waals surface area contributed by atoms with Gasteiger partial charge in [-0.3, -0.25) is 4.90 Å². The Balaban J connectivity index is 1.38. The summed E-state index contributed by atoms with van der Waals surface area (Å²) in [7, 11) is 0. The van der Waals surface area contributed by atoms with Crippen LogP contribution in [0.2, 0.25) is 0 Å². The molecular formula is C25H28F5N3O2. The average Bonchev–Trinajstić information content (AvgIpc) is 3.63. The molecular weight excluding hydrogens is 469 g/mol. The molecule has 2 aromatic carbocycles. The summed E-state index contributed by atoms with van der Waals surface area (Å²) in [6.07, 6.45) is -1.05. The molecule has 0 bridgehead atoms. The number of urea groups is 1. The molecule has 1 N–H and O–H groups in total. The summed E-state index contributed by atoms with van der Waals surface area (Å²) in [5.74, 6) is 0.569. The Labute approximate surface area is 200 Å². The lowest BCUT2D eigenvalue weighted by Crippen LogP contribution is -2.49. The molecule has 1 heterocycles. The van der Waals surface area contributed by atoms with E-state index in [1.54, 1.807) is 23.1 Å². The summed E-state index contributed by atoms with van der Waals surface area (Å²) < 4.78 is 69.2. The predicted octanol–water partition coefficient (Wildman–Crippen LogP) is 6.22. The molecule has 0 unspecified atom stereocenters. The predicted molar refractivity (Wildman–Crippen MR) is 121 cm³/mol. The molecule has 2 aliphatic rings. The van der Waals surface area contributed by atoms with Crippen molar-refractivity contribution in [2.45, 2.75) is 51.1 Å². The second-order valence-corrected chi connectivity index (χ2v) is 9.10. The van der Waals surface area contributed by atoms with Crippen LogP contribution in [0.15, 0.2) is 48.5 Å². The number of nitrogens with zero attached hydrogens (tertiary/aromatic N) is 2. The van der Waals surface area contributed by atoms with E-state index in [9.17, 15) is 26.7 Å². The van der Waals surface area contributed by atoms with Gasteiger partial charge in [0.15, 0.2) is 0 Å².